The highest BCUT2D eigenvalue weighted by Crippen LogP contribution is 2.52. The third kappa shape index (κ3) is 3.91. The summed E-state index contributed by atoms with van der Waals surface area (Å²) in [5, 5.41) is 12.9. The van der Waals surface area contributed by atoms with E-state index in [9.17, 15) is 14.7 Å². The van der Waals surface area contributed by atoms with Gasteiger partial charge in [-0.15, -0.1) is 0 Å². The van der Waals surface area contributed by atoms with Crippen LogP contribution in [0.15, 0.2) is 12.1 Å². The van der Waals surface area contributed by atoms with E-state index < -0.39 is 6.09 Å². The van der Waals surface area contributed by atoms with Crippen molar-refractivity contribution in [1.29, 1.82) is 0 Å². The molecule has 4 unspecified atom stereocenters. The molecule has 34 heavy (non-hydrogen) atoms. The maximum Gasteiger partial charge on any atom is 0.407 e. The van der Waals surface area contributed by atoms with Gasteiger partial charge in [0.25, 0.3) is 5.91 Å². The normalized spacial score (nSPS) is 28.9. The van der Waals surface area contributed by atoms with Crippen molar-refractivity contribution in [2.75, 3.05) is 13.7 Å². The van der Waals surface area contributed by atoms with Crippen molar-refractivity contribution in [3.8, 4) is 5.75 Å². The lowest BCUT2D eigenvalue weighted by Gasteiger charge is -2.46. The van der Waals surface area contributed by atoms with Gasteiger partial charge in [-0.25, -0.2) is 9.78 Å². The average Bonchev–Trinajstić information content (AvgIpc) is 3.52. The number of hydrogen-bond acceptors (Lipinski definition) is 4. The van der Waals surface area contributed by atoms with E-state index in [2.05, 4.69) is 10.3 Å². The van der Waals surface area contributed by atoms with Crippen LogP contribution in [0.2, 0.25) is 0 Å². The van der Waals surface area contributed by atoms with Crippen LogP contribution in [0, 0.1) is 17.3 Å². The minimum Gasteiger partial charge on any atom is -0.494 e. The Hall–Kier alpha value is -2.77. The standard InChI is InChI=1S/C26H36N4O4/c1-26(2,3)22-18(6-5-11-30(22)25(32)33)27-24(31)16-9-10-19(34-4)21-20(16)28-23(29-21)17-13-14-7-8-15(17)12-14/h9-10,14-15,17-18,22H,5-8,11-13H2,1-4H3,(H,27,31)(H,28,29)(H,32,33)/t14?,15?,17?,18-,22?/m0/s1. The van der Waals surface area contributed by atoms with Crippen LogP contribution in [0.4, 0.5) is 4.79 Å². The molecule has 1 aromatic carbocycles. The van der Waals surface area contributed by atoms with Crippen LogP contribution >= 0.6 is 0 Å². The molecule has 1 aliphatic heterocycles. The summed E-state index contributed by atoms with van der Waals surface area (Å²) in [7, 11) is 1.63. The minimum atomic E-state index is -0.937. The van der Waals surface area contributed by atoms with Crippen molar-refractivity contribution in [2.24, 2.45) is 17.3 Å². The monoisotopic (exact) mass is 468 g/mol. The van der Waals surface area contributed by atoms with Crippen LogP contribution in [0.5, 0.6) is 5.75 Å². The van der Waals surface area contributed by atoms with Gasteiger partial charge in [-0.3, -0.25) is 4.79 Å². The zero-order valence-corrected chi connectivity index (χ0v) is 20.6. The molecule has 184 valence electrons. The van der Waals surface area contributed by atoms with E-state index in [0.717, 1.165) is 36.5 Å². The number of nitrogens with one attached hydrogen (secondary N) is 2. The largest absolute Gasteiger partial charge is 0.494 e. The Morgan fingerprint density at radius 2 is 2.00 bits per heavy atom. The number of hydrogen-bond donors (Lipinski definition) is 3. The number of H-pyrrole nitrogens is 1. The number of ether oxygens (including phenoxy) is 1. The van der Waals surface area contributed by atoms with Crippen LogP contribution in [-0.2, 0) is 0 Å². The first-order chi connectivity index (χ1) is 16.2. The molecule has 2 heterocycles. The maximum absolute atomic E-state index is 13.6. The van der Waals surface area contributed by atoms with Crippen molar-refractivity contribution in [3.05, 3.63) is 23.5 Å². The number of benzene rings is 1. The molecule has 2 saturated carbocycles. The number of aromatic amines is 1. The molecule has 2 amide bonds. The number of imidazole rings is 1. The summed E-state index contributed by atoms with van der Waals surface area (Å²) in [5.74, 6) is 3.31. The zero-order chi connectivity index (χ0) is 24.2. The molecule has 8 heteroatoms. The van der Waals surface area contributed by atoms with Crippen LogP contribution in [0.25, 0.3) is 11.0 Å². The molecule has 0 spiro atoms. The van der Waals surface area contributed by atoms with Crippen molar-refractivity contribution in [2.45, 2.75) is 77.3 Å². The van der Waals surface area contributed by atoms with Crippen molar-refractivity contribution in [1.82, 2.24) is 20.2 Å². The minimum absolute atomic E-state index is 0.217. The number of rotatable bonds is 4. The van der Waals surface area contributed by atoms with E-state index in [1.807, 2.05) is 26.8 Å². The van der Waals surface area contributed by atoms with E-state index >= 15 is 0 Å². The van der Waals surface area contributed by atoms with Gasteiger partial charge >= 0.3 is 6.09 Å². The molecule has 2 bridgehead atoms. The summed E-state index contributed by atoms with van der Waals surface area (Å²) in [6.07, 6.45) is 5.55. The number of amides is 2. The van der Waals surface area contributed by atoms with E-state index in [0.29, 0.717) is 35.2 Å². The molecule has 3 aliphatic rings. The second kappa shape index (κ2) is 8.47. The highest BCUT2D eigenvalue weighted by Gasteiger charge is 2.43. The molecular weight excluding hydrogens is 432 g/mol. The average molecular weight is 469 g/mol. The Kier molecular flexibility index (Phi) is 5.73. The van der Waals surface area contributed by atoms with Crippen molar-refractivity contribution in [3.63, 3.8) is 0 Å². The molecule has 3 fully saturated rings. The number of piperidine rings is 1. The molecule has 5 rings (SSSR count). The Balaban J connectivity index is 1.46. The highest BCUT2D eigenvalue weighted by atomic mass is 16.5. The van der Waals surface area contributed by atoms with Crippen LogP contribution in [0.1, 0.15) is 81.4 Å². The van der Waals surface area contributed by atoms with Gasteiger partial charge in [0.05, 0.1) is 24.8 Å². The SMILES string of the molecule is COc1ccc(C(=O)N[C@H]2CCCN(C(=O)O)C2C(C)(C)C)c2nc(C3CC4CCC3C4)[nH]c12. The van der Waals surface area contributed by atoms with E-state index in [1.165, 1.54) is 24.2 Å². The van der Waals surface area contributed by atoms with Gasteiger partial charge in [-0.05, 0) is 61.5 Å². The summed E-state index contributed by atoms with van der Waals surface area (Å²) in [6, 6.07) is 3.01. The molecule has 2 aliphatic carbocycles. The second-order valence-electron chi connectivity index (χ2n) is 11.5. The Bertz CT molecular complexity index is 1100. The fourth-order valence-electron chi connectivity index (χ4n) is 6.87. The van der Waals surface area contributed by atoms with Crippen molar-refractivity contribution < 1.29 is 19.4 Å². The van der Waals surface area contributed by atoms with Crippen molar-refractivity contribution >= 4 is 23.0 Å². The summed E-state index contributed by atoms with van der Waals surface area (Å²) in [5.41, 5.74) is 1.58. The number of aromatic nitrogens is 2. The molecule has 0 radical (unpaired) electrons. The molecule has 8 nitrogen and oxygen atoms in total. The first-order valence-electron chi connectivity index (χ1n) is 12.5. The Morgan fingerprint density at radius 1 is 1.21 bits per heavy atom. The number of fused-ring (bicyclic) bond motifs is 3. The van der Waals surface area contributed by atoms with E-state index in [-0.39, 0.29) is 23.4 Å². The lowest BCUT2D eigenvalue weighted by molar-refractivity contribution is 0.0359. The predicted molar refractivity (Wildman–Crippen MR) is 129 cm³/mol. The third-order valence-electron chi connectivity index (χ3n) is 8.26. The smallest absolute Gasteiger partial charge is 0.407 e. The lowest BCUT2D eigenvalue weighted by atomic mass is 9.77. The molecule has 1 aromatic heterocycles. The number of nitrogens with zero attached hydrogens (tertiary/aromatic N) is 2. The number of carbonyl (C=O) groups excluding carboxylic acids is 1. The predicted octanol–water partition coefficient (Wildman–Crippen LogP) is 4.76. The summed E-state index contributed by atoms with van der Waals surface area (Å²) >= 11 is 0. The molecule has 5 atom stereocenters. The van der Waals surface area contributed by atoms with Gasteiger partial charge in [0.2, 0.25) is 0 Å². The van der Waals surface area contributed by atoms with Crippen LogP contribution in [-0.4, -0.2) is 57.7 Å². The fraction of sp³-hybridized carbons (Fsp3) is 0.654. The van der Waals surface area contributed by atoms with Crippen LogP contribution < -0.4 is 10.1 Å². The van der Waals surface area contributed by atoms with Gasteiger partial charge in [0.15, 0.2) is 0 Å². The molecule has 2 aromatic rings. The Labute approximate surface area is 200 Å². The number of carbonyl (C=O) groups is 2. The van der Waals surface area contributed by atoms with Gasteiger partial charge in [-0.2, -0.15) is 0 Å². The fourth-order valence-corrected chi connectivity index (χ4v) is 6.87. The first kappa shape index (κ1) is 23.0. The highest BCUT2D eigenvalue weighted by molar-refractivity contribution is 6.06. The second-order valence-corrected chi connectivity index (χ2v) is 11.5. The topological polar surface area (TPSA) is 108 Å². The molecule has 3 N–H and O–H groups in total. The summed E-state index contributed by atoms with van der Waals surface area (Å²) in [4.78, 5) is 35.4. The lowest BCUT2D eigenvalue weighted by Crippen LogP contribution is -2.61. The third-order valence-corrected chi connectivity index (χ3v) is 8.26. The number of likely N-dealkylation sites (tertiary alicyclic amines) is 1. The van der Waals surface area contributed by atoms with E-state index in [4.69, 9.17) is 9.72 Å². The Morgan fingerprint density at radius 3 is 2.62 bits per heavy atom. The van der Waals surface area contributed by atoms with Gasteiger partial charge in [0, 0.05) is 12.5 Å². The van der Waals surface area contributed by atoms with Gasteiger partial charge < -0.3 is 25.0 Å². The quantitative estimate of drug-likeness (QED) is 0.600. The van der Waals surface area contributed by atoms with Gasteiger partial charge in [-0.1, -0.05) is 27.2 Å². The molecule has 1 saturated heterocycles. The zero-order valence-electron chi connectivity index (χ0n) is 20.6. The number of carboxylic acid groups (broad SMARTS) is 1. The summed E-state index contributed by atoms with van der Waals surface area (Å²) in [6.45, 7) is 6.57. The maximum atomic E-state index is 13.6. The van der Waals surface area contributed by atoms with Gasteiger partial charge in [0.1, 0.15) is 22.6 Å². The summed E-state index contributed by atoms with van der Waals surface area (Å²) < 4.78 is 5.58. The number of methoxy groups -OCH3 is 1. The first-order valence-corrected chi connectivity index (χ1v) is 12.5. The van der Waals surface area contributed by atoms with Crippen LogP contribution in [0.3, 0.4) is 0 Å². The molecular formula is C26H36N4O4. The van der Waals surface area contributed by atoms with E-state index in [1.54, 1.807) is 13.2 Å².